The molecule has 0 fully saturated rings. The first-order chi connectivity index (χ1) is 9.80. The minimum absolute atomic E-state index is 0.0167. The van der Waals surface area contributed by atoms with Crippen molar-refractivity contribution in [3.8, 4) is 17.5 Å². The van der Waals surface area contributed by atoms with Crippen LogP contribution in [-0.2, 0) is 0 Å². The number of hydrogen-bond donors (Lipinski definition) is 1. The Bertz CT molecular complexity index is 596. The molecule has 0 amide bonds. The maximum atomic E-state index is 5.62. The monoisotopic (exact) mass is 273 g/mol. The maximum absolute atomic E-state index is 5.62. The summed E-state index contributed by atoms with van der Waals surface area (Å²) in [5.41, 5.74) is 1.10. The van der Waals surface area contributed by atoms with Gasteiger partial charge in [-0.25, -0.2) is 0 Å². The van der Waals surface area contributed by atoms with E-state index in [4.69, 9.17) is 14.2 Å². The van der Waals surface area contributed by atoms with E-state index in [0.29, 0.717) is 24.3 Å². The molecule has 1 aliphatic rings. The van der Waals surface area contributed by atoms with Gasteiger partial charge in [0.2, 0.25) is 17.7 Å². The summed E-state index contributed by atoms with van der Waals surface area (Å²) in [6.45, 7) is 0.544. The lowest BCUT2D eigenvalue weighted by Crippen LogP contribution is -2.14. The van der Waals surface area contributed by atoms with Crippen molar-refractivity contribution >= 4 is 5.95 Å². The van der Waals surface area contributed by atoms with Crippen LogP contribution in [-0.4, -0.2) is 30.8 Å². The second-order valence-corrected chi connectivity index (χ2v) is 4.32. The van der Waals surface area contributed by atoms with Gasteiger partial charge < -0.3 is 19.5 Å². The standard InChI is InChI=1S/C14H15N3O3/c1-18-12-7-13(19-2)17-14(16-12)15-10-8-20-11-6-4-3-5-9(10)11/h3-7,10H,8H2,1-2H3,(H,15,16,17). The molecule has 3 rings (SSSR count). The highest BCUT2D eigenvalue weighted by molar-refractivity contribution is 5.45. The topological polar surface area (TPSA) is 65.5 Å². The van der Waals surface area contributed by atoms with Crippen molar-refractivity contribution in [2.75, 3.05) is 26.1 Å². The van der Waals surface area contributed by atoms with Crippen molar-refractivity contribution in [1.82, 2.24) is 9.97 Å². The number of rotatable bonds is 4. The Hall–Kier alpha value is -2.50. The highest BCUT2D eigenvalue weighted by Gasteiger charge is 2.24. The van der Waals surface area contributed by atoms with Crippen molar-refractivity contribution in [2.45, 2.75) is 6.04 Å². The van der Waals surface area contributed by atoms with Gasteiger partial charge in [0, 0.05) is 5.56 Å². The Balaban J connectivity index is 1.85. The fraction of sp³-hybridized carbons (Fsp3) is 0.286. The van der Waals surface area contributed by atoms with Gasteiger partial charge in [-0.2, -0.15) is 9.97 Å². The van der Waals surface area contributed by atoms with Gasteiger partial charge in [-0.15, -0.1) is 0 Å². The van der Waals surface area contributed by atoms with Crippen LogP contribution in [0.5, 0.6) is 17.5 Å². The molecule has 0 saturated carbocycles. The average molecular weight is 273 g/mol. The van der Waals surface area contributed by atoms with E-state index < -0.39 is 0 Å². The van der Waals surface area contributed by atoms with Crippen LogP contribution in [0.2, 0.25) is 0 Å². The zero-order valence-electron chi connectivity index (χ0n) is 11.3. The van der Waals surface area contributed by atoms with Crippen LogP contribution >= 0.6 is 0 Å². The third-order valence-electron chi connectivity index (χ3n) is 3.10. The molecule has 1 N–H and O–H groups in total. The summed E-state index contributed by atoms with van der Waals surface area (Å²) in [7, 11) is 3.11. The van der Waals surface area contributed by atoms with Gasteiger partial charge in [0.25, 0.3) is 0 Å². The minimum Gasteiger partial charge on any atom is -0.491 e. The summed E-state index contributed by atoms with van der Waals surface area (Å²) in [5, 5.41) is 3.24. The van der Waals surface area contributed by atoms with Gasteiger partial charge in [-0.1, -0.05) is 18.2 Å². The van der Waals surface area contributed by atoms with Crippen LogP contribution in [0, 0.1) is 0 Å². The van der Waals surface area contributed by atoms with Gasteiger partial charge in [-0.05, 0) is 6.07 Å². The molecule has 0 radical (unpaired) electrons. The van der Waals surface area contributed by atoms with Gasteiger partial charge >= 0.3 is 0 Å². The first-order valence-electron chi connectivity index (χ1n) is 6.25. The fourth-order valence-electron chi connectivity index (χ4n) is 2.12. The van der Waals surface area contributed by atoms with Gasteiger partial charge in [-0.3, -0.25) is 0 Å². The van der Waals surface area contributed by atoms with Crippen LogP contribution < -0.4 is 19.5 Å². The van der Waals surface area contributed by atoms with Gasteiger partial charge in [0.15, 0.2) is 0 Å². The predicted octanol–water partition coefficient (Wildman–Crippen LogP) is 2.04. The third kappa shape index (κ3) is 2.32. The smallest absolute Gasteiger partial charge is 0.229 e. The number of ether oxygens (including phenoxy) is 3. The molecule has 2 heterocycles. The molecule has 20 heavy (non-hydrogen) atoms. The molecule has 104 valence electrons. The Labute approximate surface area is 116 Å². The van der Waals surface area contributed by atoms with Crippen molar-refractivity contribution in [1.29, 1.82) is 0 Å². The second kappa shape index (κ2) is 5.24. The lowest BCUT2D eigenvalue weighted by Gasteiger charge is -2.13. The second-order valence-electron chi connectivity index (χ2n) is 4.32. The molecule has 6 nitrogen and oxygen atoms in total. The summed E-state index contributed by atoms with van der Waals surface area (Å²) in [6, 6.07) is 9.55. The number of methoxy groups -OCH3 is 2. The number of hydrogen-bond acceptors (Lipinski definition) is 6. The summed E-state index contributed by atoms with van der Waals surface area (Å²) in [5.74, 6) is 2.24. The van der Waals surface area contributed by atoms with E-state index in [1.165, 1.54) is 0 Å². The van der Waals surface area contributed by atoms with E-state index >= 15 is 0 Å². The summed E-state index contributed by atoms with van der Waals surface area (Å²) >= 11 is 0. The molecule has 2 aromatic rings. The van der Waals surface area contributed by atoms with Gasteiger partial charge in [0.1, 0.15) is 12.4 Å². The quantitative estimate of drug-likeness (QED) is 0.919. The lowest BCUT2D eigenvalue weighted by atomic mass is 10.1. The Morgan fingerprint density at radius 1 is 1.15 bits per heavy atom. The van der Waals surface area contributed by atoms with Crippen LogP contribution in [0.1, 0.15) is 11.6 Å². The SMILES string of the molecule is COc1cc(OC)nc(NC2COc3ccccc32)n1. The third-order valence-corrected chi connectivity index (χ3v) is 3.10. The molecule has 0 spiro atoms. The number of fused-ring (bicyclic) bond motifs is 1. The van der Waals surface area contributed by atoms with Crippen molar-refractivity contribution in [2.24, 2.45) is 0 Å². The normalized spacial score (nSPS) is 16.2. The van der Waals surface area contributed by atoms with Crippen molar-refractivity contribution in [3.63, 3.8) is 0 Å². The van der Waals surface area contributed by atoms with Crippen LogP contribution in [0.25, 0.3) is 0 Å². The maximum Gasteiger partial charge on any atom is 0.229 e. The largest absolute Gasteiger partial charge is 0.491 e. The molecular weight excluding hydrogens is 258 g/mol. The Kier molecular flexibility index (Phi) is 3.28. The van der Waals surface area contributed by atoms with E-state index in [9.17, 15) is 0 Å². The number of nitrogens with zero attached hydrogens (tertiary/aromatic N) is 2. The number of benzene rings is 1. The molecular formula is C14H15N3O3. The molecule has 0 bridgehead atoms. The lowest BCUT2D eigenvalue weighted by molar-refractivity contribution is 0.338. The number of anilines is 1. The molecule has 1 aromatic carbocycles. The fourth-order valence-corrected chi connectivity index (χ4v) is 2.12. The average Bonchev–Trinajstić information content (AvgIpc) is 2.90. The van der Waals surface area contributed by atoms with Crippen molar-refractivity contribution < 1.29 is 14.2 Å². The number of para-hydroxylation sites is 1. The molecule has 1 unspecified atom stereocenters. The Morgan fingerprint density at radius 3 is 2.55 bits per heavy atom. The van der Waals surface area contributed by atoms with Crippen molar-refractivity contribution in [3.05, 3.63) is 35.9 Å². The molecule has 0 saturated heterocycles. The molecule has 1 aromatic heterocycles. The first-order valence-corrected chi connectivity index (χ1v) is 6.25. The summed E-state index contributed by atoms with van der Waals surface area (Å²) < 4.78 is 15.9. The zero-order chi connectivity index (χ0) is 13.9. The first kappa shape index (κ1) is 12.5. The highest BCUT2D eigenvalue weighted by Crippen LogP contribution is 2.33. The molecule has 1 atom stereocenters. The molecule has 1 aliphatic heterocycles. The highest BCUT2D eigenvalue weighted by atomic mass is 16.5. The zero-order valence-corrected chi connectivity index (χ0v) is 11.3. The molecule has 0 aliphatic carbocycles. The van der Waals surface area contributed by atoms with E-state index in [1.807, 2.05) is 24.3 Å². The predicted molar refractivity (Wildman–Crippen MR) is 73.4 cm³/mol. The number of nitrogens with one attached hydrogen (secondary N) is 1. The van der Waals surface area contributed by atoms with E-state index in [0.717, 1.165) is 11.3 Å². The minimum atomic E-state index is 0.0167. The van der Waals surface area contributed by atoms with E-state index in [-0.39, 0.29) is 6.04 Å². The van der Waals surface area contributed by atoms with Crippen LogP contribution in [0.4, 0.5) is 5.95 Å². The summed E-state index contributed by atoms with van der Waals surface area (Å²) in [6.07, 6.45) is 0. The number of aromatic nitrogens is 2. The Morgan fingerprint density at radius 2 is 1.85 bits per heavy atom. The van der Waals surface area contributed by atoms with E-state index in [2.05, 4.69) is 15.3 Å². The molecule has 6 heteroatoms. The van der Waals surface area contributed by atoms with Crippen LogP contribution in [0.3, 0.4) is 0 Å². The summed E-state index contributed by atoms with van der Waals surface area (Å²) in [4.78, 5) is 8.51. The van der Waals surface area contributed by atoms with Gasteiger partial charge in [0.05, 0.1) is 26.3 Å². The van der Waals surface area contributed by atoms with Crippen LogP contribution in [0.15, 0.2) is 30.3 Å². The van der Waals surface area contributed by atoms with E-state index in [1.54, 1.807) is 20.3 Å².